The summed E-state index contributed by atoms with van der Waals surface area (Å²) >= 11 is 8.19. The maximum atomic E-state index is 12.0. The van der Waals surface area contributed by atoms with E-state index in [4.69, 9.17) is 5.73 Å². The van der Waals surface area contributed by atoms with Crippen LogP contribution < -0.4 is 11.1 Å². The largest absolute Gasteiger partial charge is 0.350 e. The number of hydrogen-bond donors (Lipinski definition) is 2. The van der Waals surface area contributed by atoms with E-state index in [2.05, 4.69) is 37.2 Å². The molecule has 1 aromatic carbocycles. The van der Waals surface area contributed by atoms with Crippen molar-refractivity contribution in [2.45, 2.75) is 6.04 Å². The molecule has 0 aliphatic rings. The minimum atomic E-state index is -0.203. The molecule has 2 rings (SSSR count). The summed E-state index contributed by atoms with van der Waals surface area (Å²) in [6, 6.07) is 11.3. The van der Waals surface area contributed by atoms with Crippen molar-refractivity contribution in [1.29, 1.82) is 0 Å². The quantitative estimate of drug-likeness (QED) is 0.817. The fourth-order valence-electron chi connectivity index (χ4n) is 1.61. The topological polar surface area (TPSA) is 55.1 Å². The van der Waals surface area contributed by atoms with E-state index < -0.39 is 0 Å². The molecule has 0 saturated heterocycles. The first-order valence-electron chi connectivity index (χ1n) is 5.61. The predicted molar refractivity (Wildman–Crippen MR) is 85.4 cm³/mol. The van der Waals surface area contributed by atoms with Gasteiger partial charge in [-0.05, 0) is 43.5 Å². The number of hydrogen-bond acceptors (Lipinski definition) is 3. The molecule has 0 fully saturated rings. The summed E-state index contributed by atoms with van der Waals surface area (Å²) in [6.07, 6.45) is 0. The molecule has 0 aliphatic carbocycles. The van der Waals surface area contributed by atoms with Gasteiger partial charge in [0.2, 0.25) is 0 Å². The summed E-state index contributed by atoms with van der Waals surface area (Å²) in [5.41, 5.74) is 7.66. The molecular weight excluding hydrogens is 392 g/mol. The summed E-state index contributed by atoms with van der Waals surface area (Å²) in [5, 5.41) is 2.84. The Morgan fingerprint density at radius 2 is 2.00 bits per heavy atom. The Hall–Kier alpha value is -0.690. The molecule has 6 heteroatoms. The van der Waals surface area contributed by atoms with Crippen molar-refractivity contribution >= 4 is 49.1 Å². The van der Waals surface area contributed by atoms with Crippen LogP contribution in [0.3, 0.4) is 0 Å². The van der Waals surface area contributed by atoms with E-state index in [0.717, 1.165) is 13.1 Å². The van der Waals surface area contributed by atoms with Gasteiger partial charge in [0.25, 0.3) is 5.91 Å². The number of amides is 1. The Balaban J connectivity index is 1.96. The smallest absolute Gasteiger partial charge is 0.253 e. The summed E-state index contributed by atoms with van der Waals surface area (Å²) < 4.78 is 1.72. The van der Waals surface area contributed by atoms with Gasteiger partial charge in [-0.3, -0.25) is 4.79 Å². The minimum Gasteiger partial charge on any atom is -0.350 e. The van der Waals surface area contributed by atoms with Gasteiger partial charge < -0.3 is 11.1 Å². The highest BCUT2D eigenvalue weighted by Gasteiger charge is 2.14. The number of rotatable bonds is 4. The zero-order chi connectivity index (χ0) is 13.8. The molecule has 0 aliphatic heterocycles. The average molecular weight is 404 g/mol. The molecule has 1 atom stereocenters. The van der Waals surface area contributed by atoms with Crippen LogP contribution in [0.15, 0.2) is 44.0 Å². The average Bonchev–Trinajstić information content (AvgIpc) is 2.75. The summed E-state index contributed by atoms with van der Waals surface area (Å²) in [6.45, 7) is 0.406. The molecule has 2 aromatic rings. The molecule has 0 radical (unpaired) electrons. The van der Waals surface area contributed by atoms with E-state index >= 15 is 0 Å². The van der Waals surface area contributed by atoms with Crippen molar-refractivity contribution in [2.75, 3.05) is 6.54 Å². The highest BCUT2D eigenvalue weighted by molar-refractivity contribution is 9.12. The van der Waals surface area contributed by atoms with Gasteiger partial charge in [-0.25, -0.2) is 0 Å². The molecule has 19 heavy (non-hydrogen) atoms. The zero-order valence-electron chi connectivity index (χ0n) is 9.90. The number of benzene rings is 1. The maximum absolute atomic E-state index is 12.0. The minimum absolute atomic E-state index is 0.125. The van der Waals surface area contributed by atoms with E-state index in [1.807, 2.05) is 30.3 Å². The third-order valence-corrected chi connectivity index (χ3v) is 4.95. The molecule has 1 amide bonds. The lowest BCUT2D eigenvalue weighted by atomic mass is 10.1. The van der Waals surface area contributed by atoms with Crippen LogP contribution in [0.5, 0.6) is 0 Å². The first-order chi connectivity index (χ1) is 9.08. The van der Waals surface area contributed by atoms with Crippen LogP contribution in [-0.2, 0) is 0 Å². The van der Waals surface area contributed by atoms with Gasteiger partial charge in [0.05, 0.1) is 13.1 Å². The fraction of sp³-hybridized carbons (Fsp3) is 0.154. The number of nitrogens with two attached hydrogens (primary N) is 1. The van der Waals surface area contributed by atoms with Crippen LogP contribution in [0.2, 0.25) is 0 Å². The molecule has 1 unspecified atom stereocenters. The van der Waals surface area contributed by atoms with Gasteiger partial charge >= 0.3 is 0 Å². The number of thiophene rings is 1. The van der Waals surface area contributed by atoms with Crippen LogP contribution in [0.25, 0.3) is 0 Å². The monoisotopic (exact) mass is 402 g/mol. The van der Waals surface area contributed by atoms with Gasteiger partial charge in [-0.2, -0.15) is 0 Å². The Morgan fingerprint density at radius 3 is 2.58 bits per heavy atom. The Labute approximate surface area is 132 Å². The van der Waals surface area contributed by atoms with Crippen molar-refractivity contribution in [2.24, 2.45) is 5.73 Å². The maximum Gasteiger partial charge on any atom is 0.253 e. The van der Waals surface area contributed by atoms with E-state index in [9.17, 15) is 4.79 Å². The second kappa shape index (κ2) is 6.65. The van der Waals surface area contributed by atoms with Crippen molar-refractivity contribution in [3.8, 4) is 0 Å². The molecule has 100 valence electrons. The number of halogens is 2. The van der Waals surface area contributed by atoms with E-state index in [1.165, 1.54) is 11.3 Å². The van der Waals surface area contributed by atoms with Gasteiger partial charge in [-0.1, -0.05) is 30.3 Å². The summed E-state index contributed by atoms with van der Waals surface area (Å²) in [7, 11) is 0. The number of carbonyl (C=O) groups is 1. The van der Waals surface area contributed by atoms with Crippen LogP contribution in [0.4, 0.5) is 0 Å². The lowest BCUT2D eigenvalue weighted by Gasteiger charge is -2.12. The van der Waals surface area contributed by atoms with Crippen LogP contribution in [-0.4, -0.2) is 12.5 Å². The first kappa shape index (κ1) is 14.7. The van der Waals surface area contributed by atoms with Gasteiger partial charge in [0.15, 0.2) is 0 Å². The Bertz CT molecular complexity index is 571. The van der Waals surface area contributed by atoms with Crippen molar-refractivity contribution < 1.29 is 4.79 Å². The number of carbonyl (C=O) groups excluding carboxylic acids is 1. The van der Waals surface area contributed by atoms with Crippen molar-refractivity contribution in [1.82, 2.24) is 5.32 Å². The Kier molecular flexibility index (Phi) is 5.15. The molecule has 1 heterocycles. The Morgan fingerprint density at radius 1 is 1.32 bits per heavy atom. The normalized spacial score (nSPS) is 12.2. The molecule has 0 spiro atoms. The van der Waals surface area contributed by atoms with Crippen LogP contribution in [0, 0.1) is 0 Å². The van der Waals surface area contributed by atoms with Crippen molar-refractivity contribution in [3.05, 3.63) is 55.1 Å². The third kappa shape index (κ3) is 3.89. The molecule has 0 bridgehead atoms. The van der Waals surface area contributed by atoms with Gasteiger partial charge in [0, 0.05) is 12.6 Å². The number of nitrogens with one attached hydrogen (secondary N) is 1. The van der Waals surface area contributed by atoms with E-state index in [1.54, 1.807) is 6.07 Å². The van der Waals surface area contributed by atoms with Gasteiger partial charge in [0.1, 0.15) is 0 Å². The molecular formula is C13H12Br2N2OS. The predicted octanol–water partition coefficient (Wildman–Crippen LogP) is 3.70. The van der Waals surface area contributed by atoms with E-state index in [-0.39, 0.29) is 11.9 Å². The fourth-order valence-corrected chi connectivity index (χ4v) is 4.40. The lowest BCUT2D eigenvalue weighted by Crippen LogP contribution is -2.31. The second-order valence-electron chi connectivity index (χ2n) is 3.97. The lowest BCUT2D eigenvalue weighted by molar-refractivity contribution is 0.0951. The third-order valence-electron chi connectivity index (χ3n) is 2.61. The standard InChI is InChI=1S/C13H12Br2N2OS/c14-11-6-9(12(15)19-11)13(18)17-7-10(16)8-4-2-1-3-5-8/h1-6,10H,7,16H2,(H,17,18). The second-order valence-corrected chi connectivity index (χ2v) is 7.71. The molecule has 0 saturated carbocycles. The summed E-state index contributed by atoms with van der Waals surface area (Å²) in [4.78, 5) is 12.0. The highest BCUT2D eigenvalue weighted by Crippen LogP contribution is 2.31. The summed E-state index contributed by atoms with van der Waals surface area (Å²) in [5.74, 6) is -0.125. The molecule has 3 N–H and O–H groups in total. The SMILES string of the molecule is NC(CNC(=O)c1cc(Br)sc1Br)c1ccccc1. The zero-order valence-corrected chi connectivity index (χ0v) is 13.9. The highest BCUT2D eigenvalue weighted by atomic mass is 79.9. The van der Waals surface area contributed by atoms with Crippen molar-refractivity contribution in [3.63, 3.8) is 0 Å². The first-order valence-corrected chi connectivity index (χ1v) is 8.01. The van der Waals surface area contributed by atoms with Crippen LogP contribution in [0.1, 0.15) is 22.0 Å². The van der Waals surface area contributed by atoms with Gasteiger partial charge in [-0.15, -0.1) is 11.3 Å². The molecule has 3 nitrogen and oxygen atoms in total. The van der Waals surface area contributed by atoms with Crippen LogP contribution >= 0.6 is 43.2 Å². The van der Waals surface area contributed by atoms with E-state index in [0.29, 0.717) is 12.1 Å². The molecule has 1 aromatic heterocycles.